The molecular weight excluding hydrogens is 230 g/mol. The van der Waals surface area contributed by atoms with E-state index in [1.54, 1.807) is 7.05 Å². The summed E-state index contributed by atoms with van der Waals surface area (Å²) in [5.74, 6) is 0. The maximum absolute atomic E-state index is 10.9. The van der Waals surface area contributed by atoms with Crippen molar-refractivity contribution in [3.63, 3.8) is 0 Å². The average molecular weight is 251 g/mol. The Bertz CT molecular complexity index is 407. The average Bonchev–Trinajstić information content (AvgIpc) is 2.38. The lowest BCUT2D eigenvalue weighted by atomic mass is 10.1. The Balaban J connectivity index is 2.60. The summed E-state index contributed by atoms with van der Waals surface area (Å²) >= 11 is 0. The maximum Gasteiger partial charge on any atom is 0.406 e. The van der Waals surface area contributed by atoms with E-state index in [-0.39, 0.29) is 0 Å². The van der Waals surface area contributed by atoms with Gasteiger partial charge in [-0.25, -0.2) is 4.79 Å². The first-order valence-electron chi connectivity index (χ1n) is 6.04. The SMILES string of the molecule is CCN(CCOC(=O)NC)c1ccc(N)c(C)c1. The van der Waals surface area contributed by atoms with E-state index >= 15 is 0 Å². The van der Waals surface area contributed by atoms with Gasteiger partial charge >= 0.3 is 6.09 Å². The van der Waals surface area contributed by atoms with Crippen LogP contribution in [0.1, 0.15) is 12.5 Å². The Morgan fingerprint density at radius 1 is 1.50 bits per heavy atom. The van der Waals surface area contributed by atoms with Gasteiger partial charge in [0.2, 0.25) is 0 Å². The molecule has 0 aliphatic carbocycles. The van der Waals surface area contributed by atoms with Crippen LogP contribution in [0, 0.1) is 6.92 Å². The second kappa shape index (κ2) is 6.74. The van der Waals surface area contributed by atoms with Gasteiger partial charge in [0.05, 0.1) is 6.54 Å². The Labute approximate surface area is 108 Å². The summed E-state index contributed by atoms with van der Waals surface area (Å²) in [6.07, 6.45) is -0.403. The normalized spacial score (nSPS) is 9.94. The van der Waals surface area contributed by atoms with Gasteiger partial charge in [-0.1, -0.05) is 0 Å². The van der Waals surface area contributed by atoms with Crippen LogP contribution in [0.15, 0.2) is 18.2 Å². The highest BCUT2D eigenvalue weighted by Gasteiger charge is 2.06. The highest BCUT2D eigenvalue weighted by Crippen LogP contribution is 2.20. The van der Waals surface area contributed by atoms with Crippen LogP contribution in [0.4, 0.5) is 16.2 Å². The number of anilines is 2. The zero-order valence-electron chi connectivity index (χ0n) is 11.2. The van der Waals surface area contributed by atoms with Crippen molar-refractivity contribution in [2.24, 2.45) is 0 Å². The molecule has 100 valence electrons. The van der Waals surface area contributed by atoms with Crippen LogP contribution in [-0.4, -0.2) is 32.8 Å². The first-order valence-corrected chi connectivity index (χ1v) is 6.04. The summed E-state index contributed by atoms with van der Waals surface area (Å²) in [6, 6.07) is 5.91. The summed E-state index contributed by atoms with van der Waals surface area (Å²) in [5, 5.41) is 2.42. The molecule has 0 saturated carbocycles. The number of likely N-dealkylation sites (N-methyl/N-ethyl adjacent to an activating group) is 1. The molecule has 0 aliphatic heterocycles. The van der Waals surface area contributed by atoms with Crippen molar-refractivity contribution in [3.8, 4) is 0 Å². The molecule has 18 heavy (non-hydrogen) atoms. The number of hydrogen-bond donors (Lipinski definition) is 2. The van der Waals surface area contributed by atoms with Crippen molar-refractivity contribution in [2.45, 2.75) is 13.8 Å². The number of ether oxygens (including phenoxy) is 1. The molecule has 0 bridgehead atoms. The molecule has 0 heterocycles. The van der Waals surface area contributed by atoms with E-state index in [1.807, 2.05) is 25.1 Å². The summed E-state index contributed by atoms with van der Waals surface area (Å²) < 4.78 is 4.98. The third kappa shape index (κ3) is 3.84. The largest absolute Gasteiger partial charge is 0.448 e. The third-order valence-corrected chi connectivity index (χ3v) is 2.80. The number of nitrogens with zero attached hydrogens (tertiary/aromatic N) is 1. The summed E-state index contributed by atoms with van der Waals surface area (Å²) in [7, 11) is 1.54. The first-order chi connectivity index (χ1) is 8.58. The first kappa shape index (κ1) is 14.2. The Hall–Kier alpha value is -1.91. The molecule has 1 aromatic carbocycles. The minimum atomic E-state index is -0.403. The van der Waals surface area contributed by atoms with Crippen molar-refractivity contribution in [1.82, 2.24) is 5.32 Å². The van der Waals surface area contributed by atoms with Crippen molar-refractivity contribution >= 4 is 17.5 Å². The van der Waals surface area contributed by atoms with Crippen molar-refractivity contribution in [2.75, 3.05) is 37.4 Å². The van der Waals surface area contributed by atoms with Crippen LogP contribution in [0.5, 0.6) is 0 Å². The number of aryl methyl sites for hydroxylation is 1. The maximum atomic E-state index is 10.9. The smallest absolute Gasteiger partial charge is 0.406 e. The van der Waals surface area contributed by atoms with Gasteiger partial charge in [-0.2, -0.15) is 0 Å². The molecule has 0 radical (unpaired) electrons. The highest BCUT2D eigenvalue weighted by atomic mass is 16.5. The molecule has 0 fully saturated rings. The Kier molecular flexibility index (Phi) is 5.30. The lowest BCUT2D eigenvalue weighted by molar-refractivity contribution is 0.151. The predicted octanol–water partition coefficient (Wildman–Crippen LogP) is 1.76. The lowest BCUT2D eigenvalue weighted by Crippen LogP contribution is -2.30. The fraction of sp³-hybridized carbons (Fsp3) is 0.462. The van der Waals surface area contributed by atoms with E-state index in [2.05, 4.69) is 17.1 Å². The van der Waals surface area contributed by atoms with Gasteiger partial charge in [0.15, 0.2) is 0 Å². The van der Waals surface area contributed by atoms with Crippen molar-refractivity contribution < 1.29 is 9.53 Å². The molecule has 0 atom stereocenters. The number of nitrogens with two attached hydrogens (primary N) is 1. The molecule has 1 aromatic rings. The Morgan fingerprint density at radius 3 is 2.78 bits per heavy atom. The number of carbonyl (C=O) groups is 1. The van der Waals surface area contributed by atoms with Gasteiger partial charge in [0, 0.05) is 25.0 Å². The number of carbonyl (C=O) groups excluding carboxylic acids is 1. The molecule has 0 aliphatic rings. The van der Waals surface area contributed by atoms with E-state index in [0.29, 0.717) is 13.2 Å². The van der Waals surface area contributed by atoms with Crippen molar-refractivity contribution in [1.29, 1.82) is 0 Å². The van der Waals surface area contributed by atoms with E-state index in [1.165, 1.54) is 0 Å². The van der Waals surface area contributed by atoms with E-state index in [9.17, 15) is 4.79 Å². The minimum Gasteiger partial charge on any atom is -0.448 e. The summed E-state index contributed by atoms with van der Waals surface area (Å²) in [5.41, 5.74) is 8.72. The number of nitrogens with one attached hydrogen (secondary N) is 1. The van der Waals surface area contributed by atoms with Crippen molar-refractivity contribution in [3.05, 3.63) is 23.8 Å². The number of nitrogen functional groups attached to an aromatic ring is 1. The number of benzene rings is 1. The second-order valence-corrected chi connectivity index (χ2v) is 4.01. The van der Waals surface area contributed by atoms with Gasteiger partial charge < -0.3 is 20.7 Å². The molecule has 0 aromatic heterocycles. The lowest BCUT2D eigenvalue weighted by Gasteiger charge is -2.23. The molecular formula is C13H21N3O2. The Morgan fingerprint density at radius 2 is 2.22 bits per heavy atom. The van der Waals surface area contributed by atoms with Crippen LogP contribution < -0.4 is 16.0 Å². The third-order valence-electron chi connectivity index (χ3n) is 2.80. The predicted molar refractivity (Wildman–Crippen MR) is 73.9 cm³/mol. The van der Waals surface area contributed by atoms with E-state index < -0.39 is 6.09 Å². The second-order valence-electron chi connectivity index (χ2n) is 4.01. The number of alkyl carbamates (subject to hydrolysis) is 1. The molecule has 0 saturated heterocycles. The van der Waals surface area contributed by atoms with Gasteiger partial charge in [-0.05, 0) is 37.6 Å². The standard InChI is InChI=1S/C13H21N3O2/c1-4-16(7-8-18-13(17)15-3)11-5-6-12(14)10(2)9-11/h5-6,9H,4,7-8,14H2,1-3H3,(H,15,17). The highest BCUT2D eigenvalue weighted by molar-refractivity contribution is 5.66. The topological polar surface area (TPSA) is 67.6 Å². The van der Waals surface area contributed by atoms with Crippen LogP contribution in [0.25, 0.3) is 0 Å². The van der Waals surface area contributed by atoms with E-state index in [4.69, 9.17) is 10.5 Å². The number of amides is 1. The molecule has 1 rings (SSSR count). The van der Waals surface area contributed by atoms with Gasteiger partial charge in [-0.3, -0.25) is 0 Å². The van der Waals surface area contributed by atoms with Crippen LogP contribution >= 0.6 is 0 Å². The van der Waals surface area contributed by atoms with Crippen LogP contribution in [0.2, 0.25) is 0 Å². The molecule has 5 nitrogen and oxygen atoms in total. The molecule has 5 heteroatoms. The molecule has 0 unspecified atom stereocenters. The van der Waals surface area contributed by atoms with Crippen LogP contribution in [0.3, 0.4) is 0 Å². The minimum absolute atomic E-state index is 0.358. The number of rotatable bonds is 5. The summed E-state index contributed by atoms with van der Waals surface area (Å²) in [4.78, 5) is 13.1. The molecule has 1 amide bonds. The fourth-order valence-electron chi connectivity index (χ4n) is 1.65. The van der Waals surface area contributed by atoms with Gasteiger partial charge in [-0.15, -0.1) is 0 Å². The molecule has 0 spiro atoms. The fourth-order valence-corrected chi connectivity index (χ4v) is 1.65. The van der Waals surface area contributed by atoms with Crippen LogP contribution in [-0.2, 0) is 4.74 Å². The number of hydrogen-bond acceptors (Lipinski definition) is 4. The monoisotopic (exact) mass is 251 g/mol. The quantitative estimate of drug-likeness (QED) is 0.782. The van der Waals surface area contributed by atoms with Gasteiger partial charge in [0.25, 0.3) is 0 Å². The van der Waals surface area contributed by atoms with Gasteiger partial charge in [0.1, 0.15) is 6.61 Å². The zero-order chi connectivity index (χ0) is 13.5. The van der Waals surface area contributed by atoms with E-state index in [0.717, 1.165) is 23.5 Å². The molecule has 3 N–H and O–H groups in total. The zero-order valence-corrected chi connectivity index (χ0v) is 11.2. The summed E-state index contributed by atoms with van der Waals surface area (Å²) in [6.45, 7) is 5.91.